The Morgan fingerprint density at radius 1 is 1.07 bits per heavy atom. The number of nitrogens with zero attached hydrogens (tertiary/aromatic N) is 2. The molecule has 2 aromatic carbocycles. The number of nitrogens with one attached hydrogen (secondary N) is 3. The van der Waals surface area contributed by atoms with Crippen LogP contribution in [0.4, 0.5) is 38.0 Å². The van der Waals surface area contributed by atoms with Gasteiger partial charge >= 0.3 is 6.18 Å². The number of fused-ring (bicyclic) bond motifs is 1. The second kappa shape index (κ2) is 11.2. The van der Waals surface area contributed by atoms with E-state index in [0.717, 1.165) is 12.1 Å². The van der Waals surface area contributed by atoms with E-state index in [0.29, 0.717) is 0 Å². The Morgan fingerprint density at radius 3 is 2.38 bits per heavy atom. The maximum Gasteiger partial charge on any atom is 0.391 e. The van der Waals surface area contributed by atoms with Crippen LogP contribution in [0.5, 0.6) is 0 Å². The Morgan fingerprint density at radius 2 is 1.75 bits per heavy atom. The molecule has 0 atom stereocenters. The highest BCUT2D eigenvalue weighted by molar-refractivity contribution is 5.98. The first kappa shape index (κ1) is 29.0. The highest BCUT2D eigenvalue weighted by Gasteiger charge is 2.41. The van der Waals surface area contributed by atoms with E-state index in [9.17, 15) is 31.5 Å². The molecule has 1 heterocycles. The van der Waals surface area contributed by atoms with Crippen molar-refractivity contribution in [2.24, 2.45) is 13.0 Å². The van der Waals surface area contributed by atoms with Gasteiger partial charge in [0.1, 0.15) is 17.3 Å². The number of imidazole rings is 1. The fourth-order valence-corrected chi connectivity index (χ4v) is 4.61. The average molecular weight is 568 g/mol. The molecular weight excluding hydrogens is 540 g/mol. The van der Waals surface area contributed by atoms with Crippen LogP contribution in [-0.4, -0.2) is 33.6 Å². The largest absolute Gasteiger partial charge is 0.391 e. The Hall–Kier alpha value is -4.03. The van der Waals surface area contributed by atoms with Gasteiger partial charge in [0.15, 0.2) is 5.82 Å². The van der Waals surface area contributed by atoms with Crippen LogP contribution in [0.25, 0.3) is 11.0 Å². The molecule has 1 saturated carbocycles. The van der Waals surface area contributed by atoms with E-state index in [1.807, 2.05) is 0 Å². The highest BCUT2D eigenvalue weighted by atomic mass is 19.4. The lowest BCUT2D eigenvalue weighted by Crippen LogP contribution is -2.40. The van der Waals surface area contributed by atoms with E-state index < -0.39 is 53.1 Å². The number of carbonyl (C=O) groups is 2. The van der Waals surface area contributed by atoms with Crippen molar-refractivity contribution < 1.29 is 35.9 Å². The van der Waals surface area contributed by atoms with Gasteiger partial charge < -0.3 is 20.5 Å². The number of alkyl halides is 3. The Labute approximate surface area is 225 Å². The van der Waals surface area contributed by atoms with Gasteiger partial charge in [0.25, 0.3) is 5.91 Å². The molecule has 214 valence electrons. The van der Waals surface area contributed by atoms with Gasteiger partial charge in [-0.05, 0) is 44.7 Å². The summed E-state index contributed by atoms with van der Waals surface area (Å²) in [6.45, 7) is 4.75. The van der Waals surface area contributed by atoms with Crippen LogP contribution in [0, 0.1) is 23.4 Å². The van der Waals surface area contributed by atoms with Crippen LogP contribution >= 0.6 is 0 Å². The summed E-state index contributed by atoms with van der Waals surface area (Å²) in [7, 11) is 1.47. The van der Waals surface area contributed by atoms with Crippen molar-refractivity contribution in [2.75, 3.05) is 5.32 Å². The standard InChI is InChI=1S/C27H27F6N5O2/c1-13(2)24(39)34-12-14-4-9-18(28)23(22(14)30)37-26-36-20-10-17(19(29)11-21(20)38(26)3)25(40)35-16-7-5-15(6-8-16)27(31,32)33/h4,9-11,15-16H,1,5-8,12H2,2-3H3,(H,34,39)(H,35,40)(H,36,37). The molecule has 0 aliphatic heterocycles. The lowest BCUT2D eigenvalue weighted by atomic mass is 9.85. The third-order valence-corrected chi connectivity index (χ3v) is 6.97. The predicted molar refractivity (Wildman–Crippen MR) is 136 cm³/mol. The third-order valence-electron chi connectivity index (χ3n) is 6.97. The van der Waals surface area contributed by atoms with Gasteiger partial charge in [-0.3, -0.25) is 9.59 Å². The maximum atomic E-state index is 15.1. The van der Waals surface area contributed by atoms with Crippen molar-refractivity contribution in [1.29, 1.82) is 0 Å². The molecule has 13 heteroatoms. The second-order valence-electron chi connectivity index (χ2n) is 9.86. The van der Waals surface area contributed by atoms with Crippen molar-refractivity contribution >= 4 is 34.5 Å². The summed E-state index contributed by atoms with van der Waals surface area (Å²) in [6, 6.07) is 3.88. The number of aromatic nitrogens is 2. The van der Waals surface area contributed by atoms with Gasteiger partial charge in [0.2, 0.25) is 11.9 Å². The Kier molecular flexibility index (Phi) is 8.13. The number of hydrogen-bond donors (Lipinski definition) is 3. The van der Waals surface area contributed by atoms with Crippen LogP contribution in [-0.2, 0) is 18.4 Å². The maximum absolute atomic E-state index is 15.1. The zero-order valence-corrected chi connectivity index (χ0v) is 21.7. The van der Waals surface area contributed by atoms with Gasteiger partial charge in [-0.1, -0.05) is 12.6 Å². The van der Waals surface area contributed by atoms with Crippen LogP contribution in [0.2, 0.25) is 0 Å². The number of halogens is 6. The summed E-state index contributed by atoms with van der Waals surface area (Å²) in [5, 5.41) is 7.61. The van der Waals surface area contributed by atoms with Crippen molar-refractivity contribution in [3.8, 4) is 0 Å². The molecule has 7 nitrogen and oxygen atoms in total. The van der Waals surface area contributed by atoms with Gasteiger partial charge in [-0.2, -0.15) is 13.2 Å². The number of benzene rings is 2. The third kappa shape index (κ3) is 6.07. The van der Waals surface area contributed by atoms with Gasteiger partial charge in [0.05, 0.1) is 22.5 Å². The quantitative estimate of drug-likeness (QED) is 0.250. The van der Waals surface area contributed by atoms with Crippen molar-refractivity contribution in [2.45, 2.75) is 51.4 Å². The zero-order valence-electron chi connectivity index (χ0n) is 21.7. The predicted octanol–water partition coefficient (Wildman–Crippen LogP) is 5.78. The van der Waals surface area contributed by atoms with Gasteiger partial charge in [-0.25, -0.2) is 18.2 Å². The lowest BCUT2D eigenvalue weighted by molar-refractivity contribution is -0.182. The molecule has 0 radical (unpaired) electrons. The number of rotatable bonds is 7. The molecule has 1 aliphatic carbocycles. The number of aryl methyl sites for hydroxylation is 1. The molecule has 2 amide bonds. The van der Waals surface area contributed by atoms with Gasteiger partial charge in [-0.15, -0.1) is 0 Å². The molecule has 4 rings (SSSR count). The lowest BCUT2D eigenvalue weighted by Gasteiger charge is -2.30. The van der Waals surface area contributed by atoms with Crippen LogP contribution < -0.4 is 16.0 Å². The monoisotopic (exact) mass is 567 g/mol. The molecule has 1 fully saturated rings. The highest BCUT2D eigenvalue weighted by Crippen LogP contribution is 2.37. The number of hydrogen-bond acceptors (Lipinski definition) is 4. The molecular formula is C27H27F6N5O2. The summed E-state index contributed by atoms with van der Waals surface area (Å²) in [5.41, 5.74) is -0.340. The van der Waals surface area contributed by atoms with Crippen molar-refractivity contribution in [1.82, 2.24) is 20.2 Å². The summed E-state index contributed by atoms with van der Waals surface area (Å²) in [4.78, 5) is 28.8. The minimum absolute atomic E-state index is 0.00784. The summed E-state index contributed by atoms with van der Waals surface area (Å²) in [6.07, 6.45) is -4.31. The van der Waals surface area contributed by atoms with E-state index in [1.165, 1.54) is 30.7 Å². The SMILES string of the molecule is C=C(C)C(=O)NCc1ccc(F)c(Nc2nc3cc(C(=O)NC4CCC(C(F)(F)F)CC4)c(F)cc3n2C)c1F. The number of amides is 2. The van der Waals surface area contributed by atoms with Crippen LogP contribution in [0.15, 0.2) is 36.4 Å². The fourth-order valence-electron chi connectivity index (χ4n) is 4.61. The van der Waals surface area contributed by atoms with Crippen molar-refractivity contribution in [3.63, 3.8) is 0 Å². The first-order valence-electron chi connectivity index (χ1n) is 12.5. The van der Waals surface area contributed by atoms with E-state index in [2.05, 4.69) is 27.5 Å². The topological polar surface area (TPSA) is 88.1 Å². The average Bonchev–Trinajstić information content (AvgIpc) is 3.19. The molecule has 3 N–H and O–H groups in total. The number of anilines is 2. The molecule has 0 saturated heterocycles. The second-order valence-corrected chi connectivity index (χ2v) is 9.86. The minimum atomic E-state index is -4.29. The van der Waals surface area contributed by atoms with E-state index in [1.54, 1.807) is 0 Å². The zero-order chi connectivity index (χ0) is 29.4. The molecule has 1 aromatic heterocycles. The first-order valence-corrected chi connectivity index (χ1v) is 12.5. The number of carbonyl (C=O) groups excluding carboxylic acids is 2. The Bertz CT molecular complexity index is 1470. The molecule has 0 spiro atoms. The van der Waals surface area contributed by atoms with E-state index in [4.69, 9.17) is 0 Å². The Balaban J connectivity index is 1.53. The van der Waals surface area contributed by atoms with E-state index in [-0.39, 0.29) is 65.9 Å². The molecule has 1 aliphatic rings. The minimum Gasteiger partial charge on any atom is -0.349 e. The summed E-state index contributed by atoms with van der Waals surface area (Å²) < 4.78 is 84.7. The van der Waals surface area contributed by atoms with Crippen LogP contribution in [0.3, 0.4) is 0 Å². The fraction of sp³-hybridized carbons (Fsp3) is 0.370. The summed E-state index contributed by atoms with van der Waals surface area (Å²) in [5.74, 6) is -5.57. The smallest absolute Gasteiger partial charge is 0.349 e. The van der Waals surface area contributed by atoms with Crippen LogP contribution in [0.1, 0.15) is 48.5 Å². The normalized spacial score (nSPS) is 17.5. The summed E-state index contributed by atoms with van der Waals surface area (Å²) >= 11 is 0. The van der Waals surface area contributed by atoms with E-state index >= 15 is 4.39 Å². The molecule has 0 bridgehead atoms. The van der Waals surface area contributed by atoms with Gasteiger partial charge in [0, 0.05) is 36.8 Å². The first-order chi connectivity index (χ1) is 18.8. The van der Waals surface area contributed by atoms with Crippen molar-refractivity contribution in [3.05, 3.63) is 65.0 Å². The molecule has 40 heavy (non-hydrogen) atoms. The molecule has 0 unspecified atom stereocenters. The molecule has 3 aromatic rings.